The lowest BCUT2D eigenvalue weighted by Gasteiger charge is -2.16. The van der Waals surface area contributed by atoms with E-state index >= 15 is 0 Å². The molecule has 2 N–H and O–H groups in total. The van der Waals surface area contributed by atoms with Crippen LogP contribution < -0.4 is 21.7 Å². The van der Waals surface area contributed by atoms with Gasteiger partial charge in [-0.1, -0.05) is 26.0 Å². The van der Waals surface area contributed by atoms with Crippen molar-refractivity contribution in [3.8, 4) is 5.75 Å². The maximum atomic E-state index is 12.5. The Morgan fingerprint density at radius 2 is 1.80 bits per heavy atom. The molecule has 1 aromatic carbocycles. The van der Waals surface area contributed by atoms with Crippen LogP contribution in [0.5, 0.6) is 5.75 Å². The molecule has 9 nitrogen and oxygen atoms in total. The molecule has 0 atom stereocenters. The van der Waals surface area contributed by atoms with E-state index < -0.39 is 29.6 Å². The van der Waals surface area contributed by atoms with Gasteiger partial charge in [-0.25, -0.2) is 9.59 Å². The van der Waals surface area contributed by atoms with E-state index in [1.165, 1.54) is 17.7 Å². The van der Waals surface area contributed by atoms with E-state index in [0.29, 0.717) is 5.75 Å². The smallest absolute Gasteiger partial charge is 0.332 e. The third-order valence-corrected chi connectivity index (χ3v) is 4.28. The predicted octanol–water partition coefficient (Wildman–Crippen LogP) is 1.23. The third kappa shape index (κ3) is 5.25. The number of rotatable bonds is 8. The zero-order valence-electron chi connectivity index (χ0n) is 17.4. The number of nitrogens with zero attached hydrogens (tertiary/aromatic N) is 2. The van der Waals surface area contributed by atoms with E-state index in [1.54, 1.807) is 31.4 Å². The summed E-state index contributed by atoms with van der Waals surface area (Å²) in [5.41, 5.74) is 4.86. The van der Waals surface area contributed by atoms with Crippen LogP contribution >= 0.6 is 0 Å². The molecule has 0 radical (unpaired) electrons. The quantitative estimate of drug-likeness (QED) is 0.391. The summed E-state index contributed by atoms with van der Waals surface area (Å²) in [6.07, 6.45) is 2.68. The van der Waals surface area contributed by atoms with E-state index in [0.717, 1.165) is 16.2 Å². The topological polar surface area (TPSA) is 123 Å². The zero-order valence-corrected chi connectivity index (χ0v) is 17.4. The van der Waals surface area contributed by atoms with E-state index in [-0.39, 0.29) is 23.8 Å². The van der Waals surface area contributed by atoms with Crippen LogP contribution in [0.4, 0.5) is 5.82 Å². The molecule has 0 saturated carbocycles. The molecule has 0 amide bonds. The fourth-order valence-electron chi connectivity index (χ4n) is 2.72. The number of benzene rings is 1. The molecule has 0 saturated heterocycles. The van der Waals surface area contributed by atoms with Gasteiger partial charge >= 0.3 is 11.7 Å². The normalized spacial score (nSPS) is 11.1. The molecular formula is C21H25N3O6. The van der Waals surface area contributed by atoms with Crippen LogP contribution in [-0.4, -0.2) is 34.6 Å². The number of hydrogen-bond donors (Lipinski definition) is 1. The Bertz CT molecular complexity index is 1080. The van der Waals surface area contributed by atoms with E-state index in [2.05, 4.69) is 0 Å². The second-order valence-corrected chi connectivity index (χ2v) is 7.05. The molecule has 1 aromatic heterocycles. The Morgan fingerprint density at radius 3 is 2.37 bits per heavy atom. The van der Waals surface area contributed by atoms with Gasteiger partial charge in [0.25, 0.3) is 5.56 Å². The Hall–Kier alpha value is -3.62. The van der Waals surface area contributed by atoms with Gasteiger partial charge in [0, 0.05) is 19.7 Å². The largest absolute Gasteiger partial charge is 0.497 e. The first-order valence-electron chi connectivity index (χ1n) is 9.27. The van der Waals surface area contributed by atoms with Gasteiger partial charge in [0.15, 0.2) is 6.61 Å². The van der Waals surface area contributed by atoms with Crippen molar-refractivity contribution < 1.29 is 19.1 Å². The Balaban J connectivity index is 2.14. The first-order chi connectivity index (χ1) is 14.1. The first kappa shape index (κ1) is 22.7. The number of carbonyl (C=O) groups is 2. The minimum Gasteiger partial charge on any atom is -0.497 e. The van der Waals surface area contributed by atoms with Crippen molar-refractivity contribution in [2.45, 2.75) is 20.4 Å². The maximum Gasteiger partial charge on any atom is 0.332 e. The number of esters is 1. The SMILES string of the molecule is COc1ccc(C=CC(=O)OCC(=O)c2c(N)n(CC(C)C)c(=O)n(C)c2=O)cc1. The summed E-state index contributed by atoms with van der Waals surface area (Å²) in [5, 5.41) is 0. The van der Waals surface area contributed by atoms with E-state index in [9.17, 15) is 19.2 Å². The molecule has 2 aromatic rings. The van der Waals surface area contributed by atoms with Crippen molar-refractivity contribution in [2.75, 3.05) is 19.5 Å². The molecule has 0 aliphatic rings. The molecule has 0 fully saturated rings. The van der Waals surface area contributed by atoms with Gasteiger partial charge < -0.3 is 15.2 Å². The van der Waals surface area contributed by atoms with Gasteiger partial charge in [0.1, 0.15) is 17.1 Å². The van der Waals surface area contributed by atoms with Crippen LogP contribution in [0.15, 0.2) is 39.9 Å². The Morgan fingerprint density at radius 1 is 1.17 bits per heavy atom. The second-order valence-electron chi connectivity index (χ2n) is 7.05. The van der Waals surface area contributed by atoms with Gasteiger partial charge in [-0.3, -0.25) is 18.7 Å². The number of carbonyl (C=O) groups excluding carboxylic acids is 2. The summed E-state index contributed by atoms with van der Waals surface area (Å²) in [7, 11) is 2.81. The summed E-state index contributed by atoms with van der Waals surface area (Å²) in [6, 6.07) is 6.96. The standard InChI is InChI=1S/C21H25N3O6/c1-13(2)11-24-19(22)18(20(27)23(3)21(24)28)16(25)12-30-17(26)10-7-14-5-8-15(29-4)9-6-14/h5-10,13H,11-12,22H2,1-4H3. The molecular weight excluding hydrogens is 390 g/mol. The van der Waals surface area contributed by atoms with Crippen molar-refractivity contribution in [2.24, 2.45) is 13.0 Å². The van der Waals surface area contributed by atoms with Crippen molar-refractivity contribution in [1.82, 2.24) is 9.13 Å². The van der Waals surface area contributed by atoms with Crippen molar-refractivity contribution in [1.29, 1.82) is 0 Å². The zero-order chi connectivity index (χ0) is 22.4. The average molecular weight is 415 g/mol. The second kappa shape index (κ2) is 9.73. The molecule has 0 aliphatic heterocycles. The Labute approximate surface area is 173 Å². The van der Waals surface area contributed by atoms with E-state index in [1.807, 2.05) is 13.8 Å². The minimum atomic E-state index is -0.827. The van der Waals surface area contributed by atoms with Crippen LogP contribution in [-0.2, 0) is 23.1 Å². The van der Waals surface area contributed by atoms with Crippen LogP contribution in [0.2, 0.25) is 0 Å². The van der Waals surface area contributed by atoms with Crippen LogP contribution in [0.25, 0.3) is 6.08 Å². The number of Topliss-reactive ketones (excluding diaryl/α,β-unsaturated/α-hetero) is 1. The van der Waals surface area contributed by atoms with Gasteiger partial charge in [-0.05, 0) is 29.7 Å². The first-order valence-corrected chi connectivity index (χ1v) is 9.27. The highest BCUT2D eigenvalue weighted by molar-refractivity contribution is 6.01. The van der Waals surface area contributed by atoms with Crippen LogP contribution in [0, 0.1) is 5.92 Å². The maximum absolute atomic E-state index is 12.5. The number of anilines is 1. The highest BCUT2D eigenvalue weighted by Crippen LogP contribution is 2.12. The minimum absolute atomic E-state index is 0.0615. The highest BCUT2D eigenvalue weighted by Gasteiger charge is 2.22. The summed E-state index contributed by atoms with van der Waals surface area (Å²) in [5.74, 6) is -1.03. The summed E-state index contributed by atoms with van der Waals surface area (Å²) in [6.45, 7) is 3.30. The summed E-state index contributed by atoms with van der Waals surface area (Å²) in [4.78, 5) is 49.1. The molecule has 30 heavy (non-hydrogen) atoms. The number of ketones is 1. The van der Waals surface area contributed by atoms with Crippen LogP contribution in [0.3, 0.4) is 0 Å². The third-order valence-electron chi connectivity index (χ3n) is 4.28. The molecule has 0 spiro atoms. The number of nitrogen functional groups attached to an aromatic ring is 1. The average Bonchev–Trinajstić information content (AvgIpc) is 2.72. The lowest BCUT2D eigenvalue weighted by Crippen LogP contribution is -2.43. The Kier molecular flexibility index (Phi) is 7.35. The number of methoxy groups -OCH3 is 1. The molecule has 2 rings (SSSR count). The molecule has 0 bridgehead atoms. The predicted molar refractivity (Wildman–Crippen MR) is 113 cm³/mol. The number of aromatic nitrogens is 2. The summed E-state index contributed by atoms with van der Waals surface area (Å²) < 4.78 is 12.0. The molecule has 9 heteroatoms. The van der Waals surface area contributed by atoms with Crippen molar-refractivity contribution in [3.05, 3.63) is 62.3 Å². The number of nitrogens with two attached hydrogens (primary N) is 1. The molecule has 0 unspecified atom stereocenters. The van der Waals surface area contributed by atoms with Crippen LogP contribution in [0.1, 0.15) is 29.8 Å². The van der Waals surface area contributed by atoms with Gasteiger partial charge in [0.2, 0.25) is 5.78 Å². The molecule has 0 aliphatic carbocycles. The van der Waals surface area contributed by atoms with Gasteiger partial charge in [-0.15, -0.1) is 0 Å². The fourth-order valence-corrected chi connectivity index (χ4v) is 2.72. The lowest BCUT2D eigenvalue weighted by atomic mass is 10.1. The van der Waals surface area contributed by atoms with Gasteiger partial charge in [0.05, 0.1) is 7.11 Å². The highest BCUT2D eigenvalue weighted by atomic mass is 16.5. The van der Waals surface area contributed by atoms with E-state index in [4.69, 9.17) is 15.2 Å². The summed E-state index contributed by atoms with van der Waals surface area (Å²) >= 11 is 0. The van der Waals surface area contributed by atoms with Crippen molar-refractivity contribution in [3.63, 3.8) is 0 Å². The fraction of sp³-hybridized carbons (Fsp3) is 0.333. The number of hydrogen-bond acceptors (Lipinski definition) is 7. The van der Waals surface area contributed by atoms with Crippen molar-refractivity contribution >= 4 is 23.6 Å². The monoisotopic (exact) mass is 415 g/mol. The molecule has 160 valence electrons. The number of ether oxygens (including phenoxy) is 2. The molecule has 1 heterocycles. The van der Waals surface area contributed by atoms with Gasteiger partial charge in [-0.2, -0.15) is 0 Å². The lowest BCUT2D eigenvalue weighted by molar-refractivity contribution is -0.136.